The topological polar surface area (TPSA) is 87.3 Å². The lowest BCUT2D eigenvalue weighted by Gasteiger charge is -2.15. The van der Waals surface area contributed by atoms with Gasteiger partial charge >= 0.3 is 0 Å². The van der Waals surface area contributed by atoms with E-state index in [0.717, 1.165) is 18.9 Å². The van der Waals surface area contributed by atoms with Gasteiger partial charge in [0.05, 0.1) is 17.9 Å². The number of nitrogens with one attached hydrogen (secondary N) is 3. The van der Waals surface area contributed by atoms with E-state index in [1.165, 1.54) is 12.1 Å². The molecule has 2 atom stereocenters. The second kappa shape index (κ2) is 5.98. The van der Waals surface area contributed by atoms with Crippen LogP contribution in [0.25, 0.3) is 0 Å². The molecule has 1 fully saturated rings. The highest BCUT2D eigenvalue weighted by Gasteiger charge is 2.29. The minimum Gasteiger partial charge on any atom is -0.326 e. The van der Waals surface area contributed by atoms with Crippen LogP contribution in [0.3, 0.4) is 0 Å². The smallest absolute Gasteiger partial charge is 0.229 e. The van der Waals surface area contributed by atoms with Gasteiger partial charge in [0.2, 0.25) is 15.9 Å². The van der Waals surface area contributed by atoms with Crippen molar-refractivity contribution >= 4 is 27.3 Å². The quantitative estimate of drug-likeness (QED) is 0.773. The largest absolute Gasteiger partial charge is 0.326 e. The van der Waals surface area contributed by atoms with Crippen LogP contribution in [0.4, 0.5) is 15.8 Å². The van der Waals surface area contributed by atoms with Crippen molar-refractivity contribution < 1.29 is 17.6 Å². The zero-order valence-corrected chi connectivity index (χ0v) is 12.6. The molecule has 8 heteroatoms. The van der Waals surface area contributed by atoms with Crippen molar-refractivity contribution in [3.63, 3.8) is 0 Å². The Morgan fingerprint density at radius 3 is 2.67 bits per heavy atom. The fourth-order valence-electron chi connectivity index (χ4n) is 2.28. The van der Waals surface area contributed by atoms with Crippen molar-refractivity contribution in [2.24, 2.45) is 11.8 Å². The number of sulfonamides is 1. The predicted molar refractivity (Wildman–Crippen MR) is 79.0 cm³/mol. The number of carbonyl (C=O) groups excluding carboxylic acids is 1. The minimum atomic E-state index is -3.58. The first-order valence-corrected chi connectivity index (χ1v) is 8.44. The van der Waals surface area contributed by atoms with Gasteiger partial charge in [-0.2, -0.15) is 0 Å². The molecule has 0 spiro atoms. The van der Waals surface area contributed by atoms with Crippen LogP contribution in [0.2, 0.25) is 0 Å². The summed E-state index contributed by atoms with van der Waals surface area (Å²) >= 11 is 0. The van der Waals surface area contributed by atoms with Crippen molar-refractivity contribution in [3.05, 3.63) is 24.0 Å². The van der Waals surface area contributed by atoms with Crippen LogP contribution in [0.5, 0.6) is 0 Å². The van der Waals surface area contributed by atoms with Gasteiger partial charge in [0.25, 0.3) is 0 Å². The fourth-order valence-corrected chi connectivity index (χ4v) is 2.83. The molecule has 0 aliphatic carbocycles. The van der Waals surface area contributed by atoms with E-state index in [-0.39, 0.29) is 23.4 Å². The zero-order valence-electron chi connectivity index (χ0n) is 11.8. The van der Waals surface area contributed by atoms with Gasteiger partial charge in [-0.3, -0.25) is 9.52 Å². The normalized spacial score (nSPS) is 22.0. The molecule has 1 aromatic rings. The Morgan fingerprint density at radius 1 is 1.38 bits per heavy atom. The summed E-state index contributed by atoms with van der Waals surface area (Å²) in [5, 5.41) is 5.82. The number of benzene rings is 1. The lowest BCUT2D eigenvalue weighted by atomic mass is 9.97. The van der Waals surface area contributed by atoms with Crippen LogP contribution in [-0.4, -0.2) is 33.7 Å². The predicted octanol–water partition coefficient (Wildman–Crippen LogP) is 0.991. The monoisotopic (exact) mass is 315 g/mol. The van der Waals surface area contributed by atoms with Crippen molar-refractivity contribution in [1.29, 1.82) is 0 Å². The van der Waals surface area contributed by atoms with E-state index in [2.05, 4.69) is 15.4 Å². The molecule has 0 saturated carbocycles. The van der Waals surface area contributed by atoms with Gasteiger partial charge in [-0.15, -0.1) is 0 Å². The molecule has 116 valence electrons. The molecule has 3 N–H and O–H groups in total. The molecule has 1 heterocycles. The Labute approximate surface area is 123 Å². The van der Waals surface area contributed by atoms with Crippen LogP contribution in [0.1, 0.15) is 6.92 Å². The van der Waals surface area contributed by atoms with E-state index in [4.69, 9.17) is 0 Å². The van der Waals surface area contributed by atoms with Crippen molar-refractivity contribution in [2.45, 2.75) is 6.92 Å². The highest BCUT2D eigenvalue weighted by Crippen LogP contribution is 2.23. The van der Waals surface area contributed by atoms with Gasteiger partial charge in [0.1, 0.15) is 5.82 Å². The molecule has 2 rings (SSSR count). The summed E-state index contributed by atoms with van der Waals surface area (Å²) in [4.78, 5) is 12.1. The standard InChI is InChI=1S/C13H18FN3O3S/c1-8-6-15-7-10(8)13(18)16-9-3-4-11(14)12(5-9)17-21(2,19)20/h3-5,8,10,15,17H,6-7H2,1-2H3,(H,16,18)/t8-,10-/m1/s1. The molecular formula is C13H18FN3O3S. The van der Waals surface area contributed by atoms with Crippen molar-refractivity contribution in [3.8, 4) is 0 Å². The number of carbonyl (C=O) groups is 1. The molecule has 1 aliphatic heterocycles. The number of anilines is 2. The van der Waals surface area contributed by atoms with Gasteiger partial charge in [0, 0.05) is 12.2 Å². The summed E-state index contributed by atoms with van der Waals surface area (Å²) < 4.78 is 38.0. The molecule has 1 aromatic carbocycles. The molecule has 0 aromatic heterocycles. The van der Waals surface area contributed by atoms with E-state index in [9.17, 15) is 17.6 Å². The number of hydrogen-bond acceptors (Lipinski definition) is 4. The Kier molecular flexibility index (Phi) is 4.48. The minimum absolute atomic E-state index is 0.152. The van der Waals surface area contributed by atoms with E-state index in [0.29, 0.717) is 12.2 Å². The molecular weight excluding hydrogens is 297 g/mol. The number of hydrogen-bond donors (Lipinski definition) is 3. The fraction of sp³-hybridized carbons (Fsp3) is 0.462. The van der Waals surface area contributed by atoms with Gasteiger partial charge in [0.15, 0.2) is 0 Å². The van der Waals surface area contributed by atoms with Gasteiger partial charge < -0.3 is 10.6 Å². The Balaban J connectivity index is 2.14. The maximum atomic E-state index is 13.6. The Morgan fingerprint density at radius 2 is 2.10 bits per heavy atom. The van der Waals surface area contributed by atoms with Crippen molar-refractivity contribution in [2.75, 3.05) is 29.4 Å². The third kappa shape index (κ3) is 4.15. The summed E-state index contributed by atoms with van der Waals surface area (Å²) in [6, 6.07) is 3.77. The third-order valence-electron chi connectivity index (χ3n) is 3.38. The molecule has 0 unspecified atom stereocenters. The molecule has 1 saturated heterocycles. The SMILES string of the molecule is C[C@@H]1CNC[C@H]1C(=O)Nc1ccc(F)c(NS(C)(=O)=O)c1. The summed E-state index contributed by atoms with van der Waals surface area (Å²) in [5.74, 6) is -0.792. The van der Waals surface area contributed by atoms with Crippen LogP contribution in [0, 0.1) is 17.7 Å². The number of halogens is 1. The Bertz CT molecular complexity index is 648. The summed E-state index contributed by atoms with van der Waals surface area (Å²) in [5.41, 5.74) is 0.166. The second-order valence-electron chi connectivity index (χ2n) is 5.30. The van der Waals surface area contributed by atoms with E-state index in [1.807, 2.05) is 6.92 Å². The summed E-state index contributed by atoms with van der Waals surface area (Å²) in [6.45, 7) is 3.36. The number of amides is 1. The molecule has 21 heavy (non-hydrogen) atoms. The maximum absolute atomic E-state index is 13.6. The molecule has 1 aliphatic rings. The first-order valence-electron chi connectivity index (χ1n) is 6.55. The van der Waals surface area contributed by atoms with Crippen LogP contribution >= 0.6 is 0 Å². The van der Waals surface area contributed by atoms with Gasteiger partial charge in [-0.05, 0) is 30.7 Å². The lowest BCUT2D eigenvalue weighted by Crippen LogP contribution is -2.27. The average Bonchev–Trinajstić information content (AvgIpc) is 2.78. The first-order chi connectivity index (χ1) is 9.76. The second-order valence-corrected chi connectivity index (χ2v) is 7.05. The molecule has 0 radical (unpaired) electrons. The van der Waals surface area contributed by atoms with E-state index >= 15 is 0 Å². The number of rotatable bonds is 4. The molecule has 0 bridgehead atoms. The lowest BCUT2D eigenvalue weighted by molar-refractivity contribution is -0.120. The van der Waals surface area contributed by atoms with E-state index in [1.54, 1.807) is 0 Å². The van der Waals surface area contributed by atoms with Gasteiger partial charge in [-0.1, -0.05) is 6.92 Å². The molecule has 6 nitrogen and oxygen atoms in total. The first kappa shape index (κ1) is 15.7. The zero-order chi connectivity index (χ0) is 15.6. The third-order valence-corrected chi connectivity index (χ3v) is 3.97. The van der Waals surface area contributed by atoms with Crippen molar-refractivity contribution in [1.82, 2.24) is 5.32 Å². The van der Waals surface area contributed by atoms with Crippen LogP contribution in [-0.2, 0) is 14.8 Å². The van der Waals surface area contributed by atoms with Crippen LogP contribution in [0.15, 0.2) is 18.2 Å². The van der Waals surface area contributed by atoms with Gasteiger partial charge in [-0.25, -0.2) is 12.8 Å². The summed E-state index contributed by atoms with van der Waals surface area (Å²) in [6.07, 6.45) is 0.934. The van der Waals surface area contributed by atoms with Crippen LogP contribution < -0.4 is 15.4 Å². The Hall–Kier alpha value is -1.67. The highest BCUT2D eigenvalue weighted by molar-refractivity contribution is 7.92. The molecule has 1 amide bonds. The summed E-state index contributed by atoms with van der Waals surface area (Å²) in [7, 11) is -3.58. The van der Waals surface area contributed by atoms with E-state index < -0.39 is 15.8 Å². The maximum Gasteiger partial charge on any atom is 0.229 e. The highest BCUT2D eigenvalue weighted by atomic mass is 32.2. The average molecular weight is 315 g/mol.